The summed E-state index contributed by atoms with van der Waals surface area (Å²) in [5.74, 6) is -0.638. The molecule has 0 spiro atoms. The highest BCUT2D eigenvalue weighted by Gasteiger charge is 2.38. The van der Waals surface area contributed by atoms with Crippen LogP contribution in [0.15, 0.2) is 89.8 Å². The minimum absolute atomic E-state index is 0.0231. The van der Waals surface area contributed by atoms with Gasteiger partial charge in [0.05, 0.1) is 10.6 Å². The molecular weight excluding hydrogens is 371 g/mol. The summed E-state index contributed by atoms with van der Waals surface area (Å²) in [6, 6.07) is 23.3. The van der Waals surface area contributed by atoms with Crippen LogP contribution in [-0.2, 0) is 21.9 Å². The van der Waals surface area contributed by atoms with Gasteiger partial charge in [0.15, 0.2) is 15.5 Å². The van der Waals surface area contributed by atoms with Gasteiger partial charge >= 0.3 is 0 Å². The third-order valence-electron chi connectivity index (χ3n) is 4.21. The Kier molecular flexibility index (Phi) is 5.44. The lowest BCUT2D eigenvalue weighted by atomic mass is 9.90. The van der Waals surface area contributed by atoms with E-state index in [1.807, 2.05) is 18.2 Å². The highest BCUT2D eigenvalue weighted by atomic mass is 35.5. The van der Waals surface area contributed by atoms with E-state index in [0.29, 0.717) is 10.6 Å². The van der Waals surface area contributed by atoms with Crippen LogP contribution >= 0.6 is 11.6 Å². The van der Waals surface area contributed by atoms with Crippen molar-refractivity contribution in [1.29, 1.82) is 0 Å². The second-order valence-electron chi connectivity index (χ2n) is 6.21. The first-order valence-corrected chi connectivity index (χ1v) is 10.2. The first-order valence-electron chi connectivity index (χ1n) is 8.16. The minimum Gasteiger partial charge on any atom is -0.237 e. The Morgan fingerprint density at radius 3 is 1.92 bits per heavy atom. The normalized spacial score (nSPS) is 13.9. The average molecular weight is 389 g/mol. The monoisotopic (exact) mass is 388 g/mol. The molecule has 2 nitrogen and oxygen atoms in total. The number of benzene rings is 3. The van der Waals surface area contributed by atoms with Crippen LogP contribution in [0.3, 0.4) is 0 Å². The molecule has 1 unspecified atom stereocenters. The largest absolute Gasteiger partial charge is 0.237 e. The zero-order valence-corrected chi connectivity index (χ0v) is 15.6. The predicted molar refractivity (Wildman–Crippen MR) is 103 cm³/mol. The van der Waals surface area contributed by atoms with Gasteiger partial charge in [-0.3, -0.25) is 0 Å². The molecule has 3 aromatic carbocycles. The van der Waals surface area contributed by atoms with E-state index in [9.17, 15) is 8.42 Å². The van der Waals surface area contributed by atoms with E-state index in [2.05, 4.69) is 0 Å². The molecule has 0 amide bonds. The molecule has 0 N–H and O–H groups in total. The van der Waals surface area contributed by atoms with Crippen molar-refractivity contribution in [3.05, 3.63) is 101 Å². The average Bonchev–Trinajstić information content (AvgIpc) is 2.63. The lowest BCUT2D eigenvalue weighted by Gasteiger charge is -2.26. The molecular formula is C21H18ClFO2S. The van der Waals surface area contributed by atoms with Gasteiger partial charge in [-0.2, -0.15) is 0 Å². The second kappa shape index (κ2) is 7.60. The zero-order chi connectivity index (χ0) is 18.6. The Morgan fingerprint density at radius 1 is 0.808 bits per heavy atom. The summed E-state index contributed by atoms with van der Waals surface area (Å²) < 4.78 is 41.7. The van der Waals surface area contributed by atoms with Crippen LogP contribution in [0.1, 0.15) is 11.1 Å². The minimum atomic E-state index is -3.84. The molecule has 0 heterocycles. The molecule has 0 aliphatic heterocycles. The molecule has 0 saturated carbocycles. The maximum absolute atomic E-state index is 16.1. The fraction of sp³-hybridized carbons (Fsp3) is 0.143. The van der Waals surface area contributed by atoms with E-state index < -0.39 is 21.3 Å². The Morgan fingerprint density at radius 2 is 1.35 bits per heavy atom. The molecule has 0 saturated heterocycles. The second-order valence-corrected chi connectivity index (χ2v) is 8.63. The Hall–Kier alpha value is -2.17. The molecule has 0 aliphatic rings. The summed E-state index contributed by atoms with van der Waals surface area (Å²) in [6.45, 7) is 0. The smallest absolute Gasteiger partial charge is 0.181 e. The number of halogens is 2. The standard InChI is InChI=1S/C21H18ClFO2S/c22-19-11-13-20(14-12-19)26(24,25)16-21(23,18-9-5-2-6-10-18)15-17-7-3-1-4-8-17/h1-14H,15-16H2. The number of hydrogen-bond donors (Lipinski definition) is 0. The number of sulfone groups is 1. The summed E-state index contributed by atoms with van der Waals surface area (Å²) in [5.41, 5.74) is -0.951. The van der Waals surface area contributed by atoms with Crippen molar-refractivity contribution in [3.8, 4) is 0 Å². The molecule has 0 fully saturated rings. The van der Waals surface area contributed by atoms with Gasteiger partial charge in [0.2, 0.25) is 0 Å². The quantitative estimate of drug-likeness (QED) is 0.580. The van der Waals surface area contributed by atoms with Crippen molar-refractivity contribution in [2.45, 2.75) is 17.0 Å². The lowest BCUT2D eigenvalue weighted by molar-refractivity contribution is 0.195. The molecule has 0 bridgehead atoms. The van der Waals surface area contributed by atoms with Crippen LogP contribution in [0.2, 0.25) is 5.02 Å². The van der Waals surface area contributed by atoms with Crippen LogP contribution in [0.5, 0.6) is 0 Å². The number of hydrogen-bond acceptors (Lipinski definition) is 2. The maximum Gasteiger partial charge on any atom is 0.181 e. The Balaban J connectivity index is 1.99. The van der Waals surface area contributed by atoms with E-state index in [-0.39, 0.29) is 11.3 Å². The van der Waals surface area contributed by atoms with Crippen LogP contribution in [0.4, 0.5) is 4.39 Å². The molecule has 26 heavy (non-hydrogen) atoms. The van der Waals surface area contributed by atoms with E-state index in [0.717, 1.165) is 5.56 Å². The van der Waals surface area contributed by atoms with Gasteiger partial charge in [0.1, 0.15) is 0 Å². The topological polar surface area (TPSA) is 34.1 Å². The van der Waals surface area contributed by atoms with Gasteiger partial charge in [-0.25, -0.2) is 12.8 Å². The summed E-state index contributed by atoms with van der Waals surface area (Å²) in [6.07, 6.45) is -0.0231. The Bertz CT molecular complexity index is 958. The lowest BCUT2D eigenvalue weighted by Crippen LogP contribution is -2.32. The van der Waals surface area contributed by atoms with Crippen molar-refractivity contribution in [1.82, 2.24) is 0 Å². The van der Waals surface area contributed by atoms with Crippen LogP contribution in [0, 0.1) is 0 Å². The van der Waals surface area contributed by atoms with Crippen LogP contribution in [-0.4, -0.2) is 14.2 Å². The summed E-state index contributed by atoms with van der Waals surface area (Å²) >= 11 is 5.83. The van der Waals surface area contributed by atoms with Crippen LogP contribution in [0.25, 0.3) is 0 Å². The molecule has 1 atom stereocenters. The fourth-order valence-corrected chi connectivity index (χ4v) is 4.63. The fourth-order valence-electron chi connectivity index (χ4n) is 2.92. The highest BCUT2D eigenvalue weighted by molar-refractivity contribution is 7.91. The van der Waals surface area contributed by atoms with Gasteiger partial charge < -0.3 is 0 Å². The van der Waals surface area contributed by atoms with Gasteiger partial charge in [-0.15, -0.1) is 0 Å². The summed E-state index contributed by atoms with van der Waals surface area (Å²) in [5, 5.41) is 0.433. The molecule has 0 aromatic heterocycles. The van der Waals surface area contributed by atoms with Crippen molar-refractivity contribution in [2.75, 3.05) is 5.75 Å². The molecule has 5 heteroatoms. The molecule has 0 aliphatic carbocycles. The first-order chi connectivity index (χ1) is 12.4. The predicted octanol–water partition coefficient (Wildman–Crippen LogP) is 5.22. The van der Waals surface area contributed by atoms with Gasteiger partial charge in [-0.05, 0) is 35.4 Å². The highest BCUT2D eigenvalue weighted by Crippen LogP contribution is 2.34. The number of rotatable bonds is 6. The van der Waals surface area contributed by atoms with Crippen LogP contribution < -0.4 is 0 Å². The SMILES string of the molecule is O=S(=O)(CC(F)(Cc1ccccc1)c1ccccc1)c1ccc(Cl)cc1. The van der Waals surface area contributed by atoms with E-state index in [4.69, 9.17) is 11.6 Å². The van der Waals surface area contributed by atoms with Crippen molar-refractivity contribution in [3.63, 3.8) is 0 Å². The molecule has 134 valence electrons. The van der Waals surface area contributed by atoms with Gasteiger partial charge in [-0.1, -0.05) is 72.3 Å². The van der Waals surface area contributed by atoms with E-state index in [1.54, 1.807) is 42.5 Å². The van der Waals surface area contributed by atoms with E-state index in [1.165, 1.54) is 24.3 Å². The Labute approximate surface area is 158 Å². The zero-order valence-electron chi connectivity index (χ0n) is 14.0. The molecule has 3 rings (SSSR count). The number of alkyl halides is 1. The molecule has 3 aromatic rings. The first kappa shape index (κ1) is 18.6. The third kappa shape index (κ3) is 4.32. The third-order valence-corrected chi connectivity index (χ3v) is 6.29. The van der Waals surface area contributed by atoms with Crippen molar-refractivity contribution >= 4 is 21.4 Å². The summed E-state index contributed by atoms with van der Waals surface area (Å²) in [7, 11) is -3.84. The summed E-state index contributed by atoms with van der Waals surface area (Å²) in [4.78, 5) is 0.0629. The van der Waals surface area contributed by atoms with Crippen molar-refractivity contribution < 1.29 is 12.8 Å². The van der Waals surface area contributed by atoms with Crippen molar-refractivity contribution in [2.24, 2.45) is 0 Å². The van der Waals surface area contributed by atoms with E-state index >= 15 is 4.39 Å². The van der Waals surface area contributed by atoms with Gasteiger partial charge in [0, 0.05) is 11.4 Å². The van der Waals surface area contributed by atoms with Gasteiger partial charge in [0.25, 0.3) is 0 Å². The molecule has 0 radical (unpaired) electrons. The maximum atomic E-state index is 16.1.